The van der Waals surface area contributed by atoms with E-state index in [4.69, 9.17) is 0 Å². The molecule has 0 bridgehead atoms. The van der Waals surface area contributed by atoms with Gasteiger partial charge in [-0.2, -0.15) is 9.61 Å². The molecule has 118 valence electrons. The van der Waals surface area contributed by atoms with Crippen LogP contribution in [0.1, 0.15) is 18.5 Å². The van der Waals surface area contributed by atoms with Crippen LogP contribution in [-0.2, 0) is 0 Å². The summed E-state index contributed by atoms with van der Waals surface area (Å²) in [6.45, 7) is 3.82. The Balaban J connectivity index is 1.55. The van der Waals surface area contributed by atoms with Gasteiger partial charge in [-0.15, -0.1) is 10.2 Å². The van der Waals surface area contributed by atoms with Crippen molar-refractivity contribution < 1.29 is 0 Å². The van der Waals surface area contributed by atoms with Crippen molar-refractivity contribution in [2.75, 3.05) is 23.3 Å². The maximum absolute atomic E-state index is 4.37. The zero-order valence-corrected chi connectivity index (χ0v) is 12.9. The summed E-state index contributed by atoms with van der Waals surface area (Å²) in [5.74, 6) is 0.789. The summed E-state index contributed by atoms with van der Waals surface area (Å²) in [5, 5.41) is 16.1. The highest BCUT2D eigenvalue weighted by Gasteiger charge is 2.22. The fourth-order valence-corrected chi connectivity index (χ4v) is 3.01. The Kier molecular flexibility index (Phi) is 3.49. The minimum Gasteiger partial charge on any atom is -0.377 e. The van der Waals surface area contributed by atoms with Gasteiger partial charge < -0.3 is 10.2 Å². The van der Waals surface area contributed by atoms with Gasteiger partial charge in [0.15, 0.2) is 0 Å². The molecule has 1 N–H and O–H groups in total. The molecule has 0 amide bonds. The van der Waals surface area contributed by atoms with Crippen LogP contribution in [0, 0.1) is 6.92 Å². The molecule has 4 heterocycles. The molecule has 0 aliphatic carbocycles. The van der Waals surface area contributed by atoms with Crippen molar-refractivity contribution in [1.82, 2.24) is 29.8 Å². The maximum atomic E-state index is 4.37. The molecule has 8 heteroatoms. The predicted octanol–water partition coefficient (Wildman–Crippen LogP) is 1.30. The van der Waals surface area contributed by atoms with Crippen LogP contribution in [0.15, 0.2) is 30.9 Å². The summed E-state index contributed by atoms with van der Waals surface area (Å²) in [4.78, 5) is 10.9. The van der Waals surface area contributed by atoms with Crippen LogP contribution in [-0.4, -0.2) is 48.9 Å². The van der Waals surface area contributed by atoms with E-state index >= 15 is 0 Å². The fourth-order valence-electron chi connectivity index (χ4n) is 3.01. The molecule has 1 unspecified atom stereocenters. The molecule has 1 aliphatic heterocycles. The molecule has 1 aliphatic rings. The van der Waals surface area contributed by atoms with E-state index in [0.717, 1.165) is 48.9 Å². The maximum Gasteiger partial charge on any atom is 0.225 e. The minimum atomic E-state index is 0.315. The first-order valence-corrected chi connectivity index (χ1v) is 7.76. The molecular weight excluding hydrogens is 292 g/mol. The Bertz CT molecular complexity index is 800. The number of nitrogens with one attached hydrogen (secondary N) is 1. The van der Waals surface area contributed by atoms with Crippen LogP contribution in [0.2, 0.25) is 0 Å². The minimum absolute atomic E-state index is 0.315. The van der Waals surface area contributed by atoms with Gasteiger partial charge in [-0.25, -0.2) is 9.97 Å². The van der Waals surface area contributed by atoms with Crippen molar-refractivity contribution in [1.29, 1.82) is 0 Å². The first-order chi connectivity index (χ1) is 11.3. The molecule has 0 spiro atoms. The molecule has 3 aromatic heterocycles. The normalized spacial score (nSPS) is 18.3. The van der Waals surface area contributed by atoms with E-state index in [2.05, 4.69) is 35.5 Å². The highest BCUT2D eigenvalue weighted by molar-refractivity contribution is 5.67. The van der Waals surface area contributed by atoms with Crippen molar-refractivity contribution in [2.45, 2.75) is 25.8 Å². The molecule has 8 nitrogen and oxygen atoms in total. The molecule has 23 heavy (non-hydrogen) atoms. The third kappa shape index (κ3) is 2.79. The Morgan fingerprint density at radius 2 is 2.13 bits per heavy atom. The molecule has 1 fully saturated rings. The highest BCUT2D eigenvalue weighted by Crippen LogP contribution is 2.21. The van der Waals surface area contributed by atoms with Crippen molar-refractivity contribution in [3.8, 4) is 0 Å². The number of aryl methyl sites for hydroxylation is 1. The summed E-state index contributed by atoms with van der Waals surface area (Å²) >= 11 is 0. The van der Waals surface area contributed by atoms with Gasteiger partial charge in [0.2, 0.25) is 11.6 Å². The summed E-state index contributed by atoms with van der Waals surface area (Å²) in [6, 6.07) is 4.17. The zero-order valence-electron chi connectivity index (χ0n) is 12.9. The zero-order chi connectivity index (χ0) is 15.6. The molecule has 0 saturated carbocycles. The topological polar surface area (TPSA) is 84.1 Å². The number of hydrogen-bond donors (Lipinski definition) is 1. The SMILES string of the molecule is Cc1cc(NC2CCCN(c3ncccn3)C2)c2nncn2n1. The Hall–Kier alpha value is -2.77. The smallest absolute Gasteiger partial charge is 0.225 e. The number of piperidine rings is 1. The predicted molar refractivity (Wildman–Crippen MR) is 86.4 cm³/mol. The average Bonchev–Trinajstić information content (AvgIpc) is 3.04. The average molecular weight is 310 g/mol. The number of fused-ring (bicyclic) bond motifs is 1. The number of aromatic nitrogens is 6. The van der Waals surface area contributed by atoms with Crippen LogP contribution in [0.5, 0.6) is 0 Å². The Morgan fingerprint density at radius 1 is 1.26 bits per heavy atom. The van der Waals surface area contributed by atoms with Crippen LogP contribution in [0.4, 0.5) is 11.6 Å². The van der Waals surface area contributed by atoms with Crippen molar-refractivity contribution >= 4 is 17.3 Å². The van der Waals surface area contributed by atoms with Gasteiger partial charge in [-0.3, -0.25) is 0 Å². The lowest BCUT2D eigenvalue weighted by Crippen LogP contribution is -2.43. The van der Waals surface area contributed by atoms with E-state index in [-0.39, 0.29) is 0 Å². The van der Waals surface area contributed by atoms with Crippen LogP contribution in [0.3, 0.4) is 0 Å². The molecule has 4 rings (SSSR count). The monoisotopic (exact) mass is 310 g/mol. The largest absolute Gasteiger partial charge is 0.377 e. The standard InChI is InChI=1S/C15H18N8/c1-11-8-13(14-20-18-10-23(14)21-11)19-12-4-2-7-22(9-12)15-16-5-3-6-17-15/h3,5-6,8,10,12,19H,2,4,7,9H2,1H3. The lowest BCUT2D eigenvalue weighted by molar-refractivity contribution is 0.523. The summed E-state index contributed by atoms with van der Waals surface area (Å²) in [6.07, 6.45) is 7.39. The second-order valence-electron chi connectivity index (χ2n) is 5.78. The van der Waals surface area contributed by atoms with E-state index in [0.29, 0.717) is 6.04 Å². The van der Waals surface area contributed by atoms with Gasteiger partial charge >= 0.3 is 0 Å². The first kappa shape index (κ1) is 13.9. The van der Waals surface area contributed by atoms with Crippen molar-refractivity contribution in [3.05, 3.63) is 36.5 Å². The number of hydrogen-bond acceptors (Lipinski definition) is 7. The van der Waals surface area contributed by atoms with Crippen LogP contribution >= 0.6 is 0 Å². The molecule has 3 aromatic rings. The fraction of sp³-hybridized carbons (Fsp3) is 0.400. The van der Waals surface area contributed by atoms with Crippen LogP contribution in [0.25, 0.3) is 5.65 Å². The van der Waals surface area contributed by atoms with Gasteiger partial charge in [-0.1, -0.05) is 0 Å². The highest BCUT2D eigenvalue weighted by atomic mass is 15.4. The molecule has 0 radical (unpaired) electrons. The Labute approximate surface area is 133 Å². The van der Waals surface area contributed by atoms with E-state index in [9.17, 15) is 0 Å². The number of anilines is 2. The summed E-state index contributed by atoms with van der Waals surface area (Å²) < 4.78 is 1.71. The number of nitrogens with zero attached hydrogens (tertiary/aromatic N) is 7. The van der Waals surface area contributed by atoms with Gasteiger partial charge in [0.25, 0.3) is 0 Å². The second kappa shape index (κ2) is 5.79. The van der Waals surface area contributed by atoms with Gasteiger partial charge in [0.05, 0.1) is 11.4 Å². The lowest BCUT2D eigenvalue weighted by atomic mass is 10.1. The third-order valence-corrected chi connectivity index (χ3v) is 4.01. The van der Waals surface area contributed by atoms with E-state index in [1.165, 1.54) is 0 Å². The van der Waals surface area contributed by atoms with Crippen molar-refractivity contribution in [2.24, 2.45) is 0 Å². The van der Waals surface area contributed by atoms with Gasteiger partial charge in [0, 0.05) is 31.5 Å². The molecule has 0 aromatic carbocycles. The first-order valence-electron chi connectivity index (χ1n) is 7.76. The van der Waals surface area contributed by atoms with Crippen LogP contribution < -0.4 is 10.2 Å². The molecule has 1 atom stereocenters. The third-order valence-electron chi connectivity index (χ3n) is 4.01. The van der Waals surface area contributed by atoms with Gasteiger partial charge in [0.1, 0.15) is 6.33 Å². The summed E-state index contributed by atoms with van der Waals surface area (Å²) in [7, 11) is 0. The Morgan fingerprint density at radius 3 is 3.00 bits per heavy atom. The molecule has 1 saturated heterocycles. The van der Waals surface area contributed by atoms with E-state index < -0.39 is 0 Å². The van der Waals surface area contributed by atoms with E-state index in [1.54, 1.807) is 23.2 Å². The van der Waals surface area contributed by atoms with Crippen molar-refractivity contribution in [3.63, 3.8) is 0 Å². The number of rotatable bonds is 3. The second-order valence-corrected chi connectivity index (χ2v) is 5.78. The van der Waals surface area contributed by atoms with E-state index in [1.807, 2.05) is 19.1 Å². The molecular formula is C15H18N8. The lowest BCUT2D eigenvalue weighted by Gasteiger charge is -2.33. The quantitative estimate of drug-likeness (QED) is 0.780. The summed E-state index contributed by atoms with van der Waals surface area (Å²) in [5.41, 5.74) is 2.65. The van der Waals surface area contributed by atoms with Gasteiger partial charge in [-0.05, 0) is 31.9 Å².